The summed E-state index contributed by atoms with van der Waals surface area (Å²) in [6.07, 6.45) is 2.04. The zero-order valence-electron chi connectivity index (χ0n) is 12.8. The van der Waals surface area contributed by atoms with Gasteiger partial charge in [0.1, 0.15) is 0 Å². The molecule has 2 N–H and O–H groups in total. The highest BCUT2D eigenvalue weighted by Crippen LogP contribution is 2.26. The van der Waals surface area contributed by atoms with Crippen LogP contribution in [-0.2, 0) is 0 Å². The molecule has 22 heavy (non-hydrogen) atoms. The molecule has 2 rings (SSSR count). The van der Waals surface area contributed by atoms with Crippen molar-refractivity contribution in [2.24, 2.45) is 11.7 Å². The number of rotatable bonds is 3. The Morgan fingerprint density at radius 1 is 1.50 bits per heavy atom. The maximum absolute atomic E-state index is 12.7. The van der Waals surface area contributed by atoms with Crippen molar-refractivity contribution in [1.29, 1.82) is 0 Å². The van der Waals surface area contributed by atoms with Crippen LogP contribution in [-0.4, -0.2) is 34.9 Å². The summed E-state index contributed by atoms with van der Waals surface area (Å²) >= 11 is 0. The number of nitrogens with zero attached hydrogens (tertiary/aromatic N) is 2. The molecule has 0 aromatic heterocycles. The minimum atomic E-state index is -0.451. The average molecular weight is 328 g/mol. The van der Waals surface area contributed by atoms with Crippen LogP contribution in [0.25, 0.3) is 0 Å². The summed E-state index contributed by atoms with van der Waals surface area (Å²) < 4.78 is 0. The highest BCUT2D eigenvalue weighted by atomic mass is 35.5. The number of likely N-dealkylation sites (tertiary alicyclic amines) is 1. The maximum Gasteiger partial charge on any atom is 0.269 e. The third-order valence-electron chi connectivity index (χ3n) is 4.27. The lowest BCUT2D eigenvalue weighted by molar-refractivity contribution is -0.384. The van der Waals surface area contributed by atoms with Gasteiger partial charge in [0, 0.05) is 36.8 Å². The van der Waals surface area contributed by atoms with Gasteiger partial charge in [0.05, 0.1) is 4.92 Å². The van der Waals surface area contributed by atoms with Crippen molar-refractivity contribution in [3.05, 3.63) is 39.4 Å². The van der Waals surface area contributed by atoms with E-state index in [0.29, 0.717) is 30.1 Å². The van der Waals surface area contributed by atoms with Crippen LogP contribution in [0.5, 0.6) is 0 Å². The first kappa shape index (κ1) is 18.4. The molecule has 1 amide bonds. The number of benzene rings is 1. The van der Waals surface area contributed by atoms with E-state index in [4.69, 9.17) is 5.73 Å². The predicted molar refractivity (Wildman–Crippen MR) is 87.4 cm³/mol. The van der Waals surface area contributed by atoms with E-state index in [1.165, 1.54) is 12.1 Å². The van der Waals surface area contributed by atoms with Gasteiger partial charge < -0.3 is 10.6 Å². The Morgan fingerprint density at radius 3 is 2.73 bits per heavy atom. The van der Waals surface area contributed by atoms with Gasteiger partial charge in [-0.1, -0.05) is 6.92 Å². The molecule has 1 aromatic carbocycles. The van der Waals surface area contributed by atoms with E-state index < -0.39 is 4.92 Å². The number of non-ortho nitro benzene ring substituents is 1. The molecule has 1 heterocycles. The van der Waals surface area contributed by atoms with Gasteiger partial charge in [0.15, 0.2) is 0 Å². The summed E-state index contributed by atoms with van der Waals surface area (Å²) in [5, 5.41) is 10.8. The monoisotopic (exact) mass is 327 g/mol. The highest BCUT2D eigenvalue weighted by molar-refractivity contribution is 5.96. The van der Waals surface area contributed by atoms with Crippen molar-refractivity contribution in [2.45, 2.75) is 32.7 Å². The Bertz CT molecular complexity index is 565. The molecule has 0 bridgehead atoms. The first-order valence-electron chi connectivity index (χ1n) is 7.21. The van der Waals surface area contributed by atoms with Gasteiger partial charge in [-0.25, -0.2) is 0 Å². The standard InChI is InChI=1S/C15H21N3O3.ClH/c1-10-4-3-7-17(14(10)9-16)15(19)13-6-5-12(18(20)21)8-11(13)2;/h5-6,8,10,14H,3-4,7,9,16H2,1-2H3;1H. The van der Waals surface area contributed by atoms with Gasteiger partial charge in [-0.2, -0.15) is 0 Å². The largest absolute Gasteiger partial charge is 0.334 e. The Morgan fingerprint density at radius 2 is 2.18 bits per heavy atom. The van der Waals surface area contributed by atoms with Crippen LogP contribution in [0.2, 0.25) is 0 Å². The molecule has 2 unspecified atom stereocenters. The number of aryl methyl sites for hydroxylation is 1. The summed E-state index contributed by atoms with van der Waals surface area (Å²) in [7, 11) is 0. The fourth-order valence-electron chi connectivity index (χ4n) is 3.02. The number of carbonyl (C=O) groups is 1. The number of nitro benzene ring substituents is 1. The number of halogens is 1. The maximum atomic E-state index is 12.7. The number of piperidine rings is 1. The second kappa shape index (κ2) is 7.56. The van der Waals surface area contributed by atoms with E-state index in [1.54, 1.807) is 13.0 Å². The van der Waals surface area contributed by atoms with Crippen molar-refractivity contribution in [1.82, 2.24) is 4.90 Å². The molecule has 0 radical (unpaired) electrons. The molecule has 1 aliphatic rings. The van der Waals surface area contributed by atoms with Crippen LogP contribution in [0.4, 0.5) is 5.69 Å². The molecule has 1 fully saturated rings. The summed E-state index contributed by atoms with van der Waals surface area (Å²) in [4.78, 5) is 24.9. The van der Waals surface area contributed by atoms with E-state index in [1.807, 2.05) is 4.90 Å². The van der Waals surface area contributed by atoms with E-state index in [2.05, 4.69) is 6.92 Å². The topological polar surface area (TPSA) is 89.5 Å². The fraction of sp³-hybridized carbons (Fsp3) is 0.533. The number of hydrogen-bond donors (Lipinski definition) is 1. The van der Waals surface area contributed by atoms with Gasteiger partial charge in [0.2, 0.25) is 0 Å². The Hall–Kier alpha value is -1.66. The molecule has 2 atom stereocenters. The first-order chi connectivity index (χ1) is 9.95. The van der Waals surface area contributed by atoms with Gasteiger partial charge in [0.25, 0.3) is 11.6 Å². The van der Waals surface area contributed by atoms with E-state index in [0.717, 1.165) is 12.8 Å². The number of hydrogen-bond acceptors (Lipinski definition) is 4. The molecule has 1 saturated heterocycles. The van der Waals surface area contributed by atoms with Gasteiger partial charge in [-0.05, 0) is 37.3 Å². The predicted octanol–water partition coefficient (Wildman–Crippen LogP) is 2.52. The molecule has 6 nitrogen and oxygen atoms in total. The molecule has 0 spiro atoms. The molecule has 0 saturated carbocycles. The molecule has 122 valence electrons. The van der Waals surface area contributed by atoms with Crippen LogP contribution in [0, 0.1) is 23.0 Å². The van der Waals surface area contributed by atoms with E-state index in [-0.39, 0.29) is 30.0 Å². The minimum Gasteiger partial charge on any atom is -0.334 e. The van der Waals surface area contributed by atoms with Crippen LogP contribution < -0.4 is 5.73 Å². The van der Waals surface area contributed by atoms with Crippen LogP contribution >= 0.6 is 12.4 Å². The Kier molecular flexibility index (Phi) is 6.32. The molecule has 7 heteroatoms. The average Bonchev–Trinajstić information content (AvgIpc) is 2.46. The third kappa shape index (κ3) is 3.56. The van der Waals surface area contributed by atoms with Crippen LogP contribution in [0.15, 0.2) is 18.2 Å². The number of nitrogens with two attached hydrogens (primary N) is 1. The van der Waals surface area contributed by atoms with E-state index >= 15 is 0 Å². The number of nitro groups is 1. The fourth-order valence-corrected chi connectivity index (χ4v) is 3.02. The lowest BCUT2D eigenvalue weighted by atomic mass is 9.90. The normalized spacial score (nSPS) is 21.1. The SMILES string of the molecule is Cc1cc([N+](=O)[O-])ccc1C(=O)N1CCCC(C)C1CN.Cl. The van der Waals surface area contributed by atoms with Gasteiger partial charge >= 0.3 is 0 Å². The van der Waals surface area contributed by atoms with Crippen molar-refractivity contribution >= 4 is 24.0 Å². The van der Waals surface area contributed by atoms with Crippen molar-refractivity contribution < 1.29 is 9.72 Å². The molecule has 1 aliphatic heterocycles. The van der Waals surface area contributed by atoms with Gasteiger partial charge in [-0.15, -0.1) is 12.4 Å². The summed E-state index contributed by atoms with van der Waals surface area (Å²) in [6.45, 7) is 4.98. The molecule has 0 aliphatic carbocycles. The number of carbonyl (C=O) groups excluding carboxylic acids is 1. The summed E-state index contributed by atoms with van der Waals surface area (Å²) in [6, 6.07) is 4.41. The van der Waals surface area contributed by atoms with Gasteiger partial charge in [-0.3, -0.25) is 14.9 Å². The highest BCUT2D eigenvalue weighted by Gasteiger charge is 2.32. The summed E-state index contributed by atoms with van der Waals surface area (Å²) in [5.41, 5.74) is 6.97. The van der Waals surface area contributed by atoms with Crippen LogP contribution in [0.1, 0.15) is 35.7 Å². The van der Waals surface area contributed by atoms with Crippen molar-refractivity contribution in [3.63, 3.8) is 0 Å². The van der Waals surface area contributed by atoms with Crippen molar-refractivity contribution in [3.8, 4) is 0 Å². The number of amides is 1. The first-order valence-corrected chi connectivity index (χ1v) is 7.21. The molecular formula is C15H22ClN3O3. The molecular weight excluding hydrogens is 306 g/mol. The minimum absolute atomic E-state index is 0. The lowest BCUT2D eigenvalue weighted by Gasteiger charge is -2.39. The zero-order chi connectivity index (χ0) is 15.6. The lowest BCUT2D eigenvalue weighted by Crippen LogP contribution is -2.51. The van der Waals surface area contributed by atoms with E-state index in [9.17, 15) is 14.9 Å². The second-order valence-electron chi connectivity index (χ2n) is 5.68. The van der Waals surface area contributed by atoms with Crippen molar-refractivity contribution in [2.75, 3.05) is 13.1 Å². The second-order valence-corrected chi connectivity index (χ2v) is 5.68. The zero-order valence-corrected chi connectivity index (χ0v) is 13.6. The Balaban J connectivity index is 0.00000242. The quantitative estimate of drug-likeness (QED) is 0.682. The third-order valence-corrected chi connectivity index (χ3v) is 4.27. The smallest absolute Gasteiger partial charge is 0.269 e. The molecule has 1 aromatic rings. The Labute approximate surface area is 136 Å². The van der Waals surface area contributed by atoms with Crippen LogP contribution in [0.3, 0.4) is 0 Å². The summed E-state index contributed by atoms with van der Waals surface area (Å²) in [5.74, 6) is 0.301.